The summed E-state index contributed by atoms with van der Waals surface area (Å²) < 4.78 is 46.7. The predicted octanol–water partition coefficient (Wildman–Crippen LogP) is 3.74. The Labute approximate surface area is 259 Å². The van der Waals surface area contributed by atoms with Gasteiger partial charge in [0, 0.05) is 24.9 Å². The van der Waals surface area contributed by atoms with Crippen LogP contribution in [-0.2, 0) is 36.1 Å². The molecule has 44 heavy (non-hydrogen) atoms. The van der Waals surface area contributed by atoms with Crippen molar-refractivity contribution in [1.29, 1.82) is 5.26 Å². The molecule has 7 atom stereocenters. The molecule has 2 heterocycles. The lowest BCUT2D eigenvalue weighted by Crippen LogP contribution is -2.53. The number of ether oxygens (including phenoxy) is 3. The second-order valence-corrected chi connectivity index (χ2v) is 15.1. The van der Waals surface area contributed by atoms with Gasteiger partial charge >= 0.3 is 6.09 Å². The van der Waals surface area contributed by atoms with Crippen molar-refractivity contribution in [1.82, 2.24) is 9.62 Å². The van der Waals surface area contributed by atoms with Gasteiger partial charge in [-0.3, -0.25) is 0 Å². The maximum Gasteiger partial charge on any atom is 0.407 e. The Morgan fingerprint density at radius 3 is 2.50 bits per heavy atom. The second-order valence-electron chi connectivity index (χ2n) is 13.2. The van der Waals surface area contributed by atoms with Crippen LogP contribution in [0.4, 0.5) is 4.79 Å². The lowest BCUT2D eigenvalue weighted by molar-refractivity contribution is -0.153. The van der Waals surface area contributed by atoms with E-state index in [-0.39, 0.29) is 48.6 Å². The lowest BCUT2D eigenvalue weighted by atomic mass is 9.78. The Balaban J connectivity index is 1.19. The Morgan fingerprint density at radius 2 is 1.84 bits per heavy atom. The van der Waals surface area contributed by atoms with E-state index >= 15 is 0 Å². The highest BCUT2D eigenvalue weighted by molar-refractivity contribution is 7.89. The normalized spacial score (nSPS) is 28.0. The molecule has 2 aromatic rings. The molecular weight excluding hydrogens is 582 g/mol. The number of hydrogen-bond donors (Lipinski definition) is 2. The summed E-state index contributed by atoms with van der Waals surface area (Å²) >= 11 is 0. The van der Waals surface area contributed by atoms with E-state index in [4.69, 9.17) is 14.2 Å². The van der Waals surface area contributed by atoms with Crippen LogP contribution in [0.15, 0.2) is 59.5 Å². The van der Waals surface area contributed by atoms with E-state index in [2.05, 4.69) is 11.4 Å². The molecule has 2 aliphatic carbocycles. The van der Waals surface area contributed by atoms with Gasteiger partial charge in [0.25, 0.3) is 0 Å². The van der Waals surface area contributed by atoms with Gasteiger partial charge in [0.1, 0.15) is 6.10 Å². The van der Waals surface area contributed by atoms with Crippen molar-refractivity contribution in [3.05, 3.63) is 65.7 Å². The zero-order valence-corrected chi connectivity index (χ0v) is 26.0. The smallest absolute Gasteiger partial charge is 0.407 e. The van der Waals surface area contributed by atoms with E-state index in [1.807, 2.05) is 44.2 Å². The number of aliphatic hydroxyl groups excluding tert-OH is 1. The third-order valence-electron chi connectivity index (χ3n) is 9.42. The minimum atomic E-state index is -3.99. The van der Waals surface area contributed by atoms with Crippen LogP contribution in [0.25, 0.3) is 0 Å². The van der Waals surface area contributed by atoms with Gasteiger partial charge in [0.15, 0.2) is 6.29 Å². The van der Waals surface area contributed by atoms with Gasteiger partial charge in [-0.1, -0.05) is 56.3 Å². The van der Waals surface area contributed by atoms with Crippen LogP contribution in [0.5, 0.6) is 0 Å². The number of amides is 1. The van der Waals surface area contributed by atoms with Crippen LogP contribution < -0.4 is 5.32 Å². The largest absolute Gasteiger partial charge is 0.443 e. The van der Waals surface area contributed by atoms with Crippen molar-refractivity contribution in [2.45, 2.75) is 86.9 Å². The van der Waals surface area contributed by atoms with Gasteiger partial charge in [-0.2, -0.15) is 9.57 Å². The van der Waals surface area contributed by atoms with Crippen LogP contribution in [0.2, 0.25) is 0 Å². The molecule has 2 N–H and O–H groups in total. The molecule has 7 unspecified atom stereocenters. The number of nitriles is 1. The first-order valence-electron chi connectivity index (χ1n) is 15.6. The number of rotatable bonds is 12. The minimum absolute atomic E-state index is 0.0194. The molecule has 4 fully saturated rings. The Bertz CT molecular complexity index is 1460. The van der Waals surface area contributed by atoms with Crippen molar-refractivity contribution < 1.29 is 32.5 Å². The lowest BCUT2D eigenvalue weighted by Gasteiger charge is -2.37. The fourth-order valence-corrected chi connectivity index (χ4v) is 8.50. The van der Waals surface area contributed by atoms with Crippen molar-refractivity contribution >= 4 is 16.1 Å². The number of alkyl carbamates (subject to hydrolysis) is 1. The molecule has 1 amide bonds. The molecule has 236 valence electrons. The van der Waals surface area contributed by atoms with Gasteiger partial charge in [0.05, 0.1) is 41.2 Å². The molecule has 0 aromatic heterocycles. The van der Waals surface area contributed by atoms with Gasteiger partial charge in [-0.05, 0) is 61.3 Å². The summed E-state index contributed by atoms with van der Waals surface area (Å²) in [6, 6.07) is 17.4. The summed E-state index contributed by atoms with van der Waals surface area (Å²) in [6.45, 7) is 4.26. The molecule has 2 saturated carbocycles. The number of carbonyl (C=O) groups excluding carboxylic acids is 1. The van der Waals surface area contributed by atoms with Crippen LogP contribution in [0, 0.1) is 29.1 Å². The van der Waals surface area contributed by atoms with Crippen molar-refractivity contribution in [2.75, 3.05) is 19.7 Å². The van der Waals surface area contributed by atoms with Crippen molar-refractivity contribution in [3.63, 3.8) is 0 Å². The quantitative estimate of drug-likeness (QED) is 0.365. The van der Waals surface area contributed by atoms with Crippen LogP contribution in [0.3, 0.4) is 0 Å². The molecule has 2 aliphatic heterocycles. The maximum atomic E-state index is 13.9. The van der Waals surface area contributed by atoms with Crippen LogP contribution >= 0.6 is 0 Å². The predicted molar refractivity (Wildman–Crippen MR) is 161 cm³/mol. The third kappa shape index (κ3) is 6.37. The van der Waals surface area contributed by atoms with E-state index < -0.39 is 39.8 Å². The highest BCUT2D eigenvalue weighted by Crippen LogP contribution is 2.48. The zero-order chi connectivity index (χ0) is 31.1. The summed E-state index contributed by atoms with van der Waals surface area (Å²) in [5.41, 5.74) is 1.18. The van der Waals surface area contributed by atoms with Crippen LogP contribution in [-0.4, -0.2) is 74.3 Å². The molecule has 2 saturated heterocycles. The summed E-state index contributed by atoms with van der Waals surface area (Å²) in [6.07, 6.45) is 0.693. The van der Waals surface area contributed by atoms with Gasteiger partial charge in [0.2, 0.25) is 10.0 Å². The minimum Gasteiger partial charge on any atom is -0.443 e. The number of nitrogens with zero attached hydrogens (tertiary/aromatic N) is 2. The molecule has 3 bridgehead atoms. The molecule has 11 heteroatoms. The molecule has 2 aromatic carbocycles. The molecule has 6 rings (SSSR count). The molecule has 0 radical (unpaired) electrons. The average molecular weight is 624 g/mol. The fraction of sp³-hybridized carbons (Fsp3) is 0.576. The molecule has 4 aliphatic rings. The number of sulfonamides is 1. The van der Waals surface area contributed by atoms with E-state index in [0.29, 0.717) is 12.5 Å². The standard InChI is InChI=1S/C33H41N3O7S/c1-21(2)17-36(44(39,40)26-10-8-25(9-11-26)33(20-34)12-13-33)18-28(37)27(14-22-6-4-3-5-7-22)35-32(38)43-30-24-15-23-16-29(30)42-31(23)41-19-24/h3-11,21,23-24,27-31,37H,12-19H2,1-2H3,(H,35,38). The second kappa shape index (κ2) is 12.4. The first kappa shape index (κ1) is 31.0. The fourth-order valence-electron chi connectivity index (χ4n) is 6.88. The zero-order valence-electron chi connectivity index (χ0n) is 25.2. The first-order valence-corrected chi connectivity index (χ1v) is 17.0. The summed E-state index contributed by atoms with van der Waals surface area (Å²) in [4.78, 5) is 13.4. The number of aliphatic hydroxyl groups is 1. The molecular formula is C33H41N3O7S. The Kier molecular flexibility index (Phi) is 8.74. The molecule has 10 nitrogen and oxygen atoms in total. The number of benzene rings is 2. The number of hydrogen-bond acceptors (Lipinski definition) is 8. The van der Waals surface area contributed by atoms with Gasteiger partial charge in [-0.15, -0.1) is 0 Å². The van der Waals surface area contributed by atoms with Gasteiger partial charge < -0.3 is 24.6 Å². The Hall–Kier alpha value is -3.01. The number of nitrogens with one attached hydrogen (secondary N) is 1. The van der Waals surface area contributed by atoms with Crippen LogP contribution in [0.1, 0.15) is 50.7 Å². The van der Waals surface area contributed by atoms with E-state index in [1.165, 1.54) is 16.4 Å². The summed E-state index contributed by atoms with van der Waals surface area (Å²) in [5, 5.41) is 24.0. The third-order valence-corrected chi connectivity index (χ3v) is 11.3. The van der Waals surface area contributed by atoms with Gasteiger partial charge in [-0.25, -0.2) is 13.2 Å². The summed E-state index contributed by atoms with van der Waals surface area (Å²) in [5.74, 6) is 0.372. The molecule has 0 spiro atoms. The number of fused-ring (bicyclic) bond motifs is 2. The van der Waals surface area contributed by atoms with E-state index in [1.54, 1.807) is 12.1 Å². The highest BCUT2D eigenvalue weighted by Gasteiger charge is 2.53. The summed E-state index contributed by atoms with van der Waals surface area (Å²) in [7, 11) is -3.99. The van der Waals surface area contributed by atoms with Crippen molar-refractivity contribution in [3.8, 4) is 6.07 Å². The maximum absolute atomic E-state index is 13.9. The number of carbonyl (C=O) groups is 1. The topological polar surface area (TPSA) is 138 Å². The Morgan fingerprint density at radius 1 is 1.11 bits per heavy atom. The van der Waals surface area contributed by atoms with Crippen molar-refractivity contribution in [2.24, 2.45) is 17.8 Å². The highest BCUT2D eigenvalue weighted by atomic mass is 32.2. The SMILES string of the molecule is CC(C)CN(CC(O)C(Cc1ccccc1)NC(=O)OC1C2COC3OC1CC3C2)S(=O)(=O)c1ccc(C2(C#N)CC2)cc1. The average Bonchev–Trinajstić information content (AvgIpc) is 3.75. The monoisotopic (exact) mass is 623 g/mol. The van der Waals surface area contributed by atoms with E-state index in [0.717, 1.165) is 36.8 Å². The first-order chi connectivity index (χ1) is 21.1. The van der Waals surface area contributed by atoms with E-state index in [9.17, 15) is 23.6 Å².